The lowest BCUT2D eigenvalue weighted by Gasteiger charge is -2.24. The Labute approximate surface area is 96.1 Å². The van der Waals surface area contributed by atoms with Crippen LogP contribution in [0.2, 0.25) is 0 Å². The molecule has 0 aromatic heterocycles. The predicted molar refractivity (Wildman–Crippen MR) is 59.5 cm³/mol. The maximum Gasteiger partial charge on any atom is 0.323 e. The van der Waals surface area contributed by atoms with E-state index in [1.54, 1.807) is 14.0 Å². The van der Waals surface area contributed by atoms with Crippen molar-refractivity contribution in [1.82, 2.24) is 5.32 Å². The van der Waals surface area contributed by atoms with E-state index in [0.717, 1.165) is 19.6 Å². The number of rotatable bonds is 7. The first-order valence-electron chi connectivity index (χ1n) is 5.66. The second kappa shape index (κ2) is 6.18. The molecule has 1 aliphatic rings. The van der Waals surface area contributed by atoms with Gasteiger partial charge in [-0.2, -0.15) is 0 Å². The molecule has 2 N–H and O–H groups in total. The van der Waals surface area contributed by atoms with Crippen molar-refractivity contribution < 1.29 is 19.4 Å². The predicted octanol–water partition coefficient (Wildman–Crippen LogP) is 0.492. The molecular formula is C11H21NO4. The number of ether oxygens (including phenoxy) is 2. The van der Waals surface area contributed by atoms with Crippen molar-refractivity contribution in [2.24, 2.45) is 5.92 Å². The highest BCUT2D eigenvalue weighted by molar-refractivity contribution is 5.78. The summed E-state index contributed by atoms with van der Waals surface area (Å²) in [6.07, 6.45) is 1.51. The smallest absolute Gasteiger partial charge is 0.323 e. The van der Waals surface area contributed by atoms with Crippen molar-refractivity contribution in [3.63, 3.8) is 0 Å². The maximum absolute atomic E-state index is 11.0. The van der Waals surface area contributed by atoms with E-state index in [1.165, 1.54) is 0 Å². The molecule has 2 unspecified atom stereocenters. The minimum atomic E-state index is -0.897. The lowest BCUT2D eigenvalue weighted by Crippen LogP contribution is -2.48. The largest absolute Gasteiger partial charge is 0.480 e. The van der Waals surface area contributed by atoms with Crippen molar-refractivity contribution in [1.29, 1.82) is 0 Å². The topological polar surface area (TPSA) is 67.8 Å². The van der Waals surface area contributed by atoms with E-state index in [0.29, 0.717) is 25.6 Å². The van der Waals surface area contributed by atoms with E-state index in [9.17, 15) is 4.79 Å². The molecule has 5 nitrogen and oxygen atoms in total. The van der Waals surface area contributed by atoms with Gasteiger partial charge in [-0.15, -0.1) is 0 Å². The summed E-state index contributed by atoms with van der Waals surface area (Å²) in [6, 6.07) is 0. The Bertz CT molecular complexity index is 228. The third-order valence-corrected chi connectivity index (χ3v) is 3.15. The van der Waals surface area contributed by atoms with Gasteiger partial charge in [-0.05, 0) is 26.8 Å². The van der Waals surface area contributed by atoms with Crippen LogP contribution >= 0.6 is 0 Å². The number of carboxylic acid groups (broad SMARTS) is 1. The highest BCUT2D eigenvalue weighted by Crippen LogP contribution is 2.14. The molecule has 5 heteroatoms. The number of aliphatic carboxylic acids is 1. The fourth-order valence-corrected chi connectivity index (χ4v) is 1.58. The Balaban J connectivity index is 2.15. The summed E-state index contributed by atoms with van der Waals surface area (Å²) in [6.45, 7) is 4.37. The molecule has 1 fully saturated rings. The number of likely N-dealkylation sites (N-methyl/N-ethyl adjacent to an activating group) is 1. The normalized spacial score (nSPS) is 24.2. The first-order chi connectivity index (χ1) is 7.58. The maximum atomic E-state index is 11.0. The zero-order valence-electron chi connectivity index (χ0n) is 9.99. The molecule has 0 aromatic carbocycles. The van der Waals surface area contributed by atoms with Gasteiger partial charge in [0.2, 0.25) is 0 Å². The van der Waals surface area contributed by atoms with Crippen molar-refractivity contribution in [2.45, 2.75) is 25.3 Å². The average Bonchev–Trinajstić information content (AvgIpc) is 2.76. The molecule has 1 aliphatic heterocycles. The third-order valence-electron chi connectivity index (χ3n) is 3.15. The fraction of sp³-hybridized carbons (Fsp3) is 0.909. The Hall–Kier alpha value is -0.650. The van der Waals surface area contributed by atoms with Gasteiger partial charge >= 0.3 is 5.97 Å². The van der Waals surface area contributed by atoms with Gasteiger partial charge in [-0.3, -0.25) is 4.79 Å². The number of carboxylic acids is 1. The lowest BCUT2D eigenvalue weighted by molar-refractivity contribution is -0.144. The van der Waals surface area contributed by atoms with Crippen molar-refractivity contribution in [3.05, 3.63) is 0 Å². The summed E-state index contributed by atoms with van der Waals surface area (Å²) < 4.78 is 10.7. The standard InChI is InChI=1S/C11H21NO4/c1-11(12-2,10(13)14)4-6-16-8-9-3-5-15-7-9/h9,12H,3-8H2,1-2H3,(H,13,14). The fourth-order valence-electron chi connectivity index (χ4n) is 1.58. The summed E-state index contributed by atoms with van der Waals surface area (Å²) in [5.74, 6) is -0.367. The first-order valence-corrected chi connectivity index (χ1v) is 5.66. The lowest BCUT2D eigenvalue weighted by atomic mass is 9.99. The minimum absolute atomic E-state index is 0.458. The van der Waals surface area contributed by atoms with Crippen LogP contribution in [0.15, 0.2) is 0 Å². The van der Waals surface area contributed by atoms with Crippen LogP contribution in [0.25, 0.3) is 0 Å². The first kappa shape index (κ1) is 13.4. The zero-order valence-corrected chi connectivity index (χ0v) is 9.99. The quantitative estimate of drug-likeness (QED) is 0.624. The van der Waals surface area contributed by atoms with Crippen molar-refractivity contribution in [2.75, 3.05) is 33.5 Å². The highest BCUT2D eigenvalue weighted by atomic mass is 16.5. The van der Waals surface area contributed by atoms with E-state index < -0.39 is 11.5 Å². The van der Waals surface area contributed by atoms with Gasteiger partial charge in [0, 0.05) is 19.1 Å². The summed E-state index contributed by atoms with van der Waals surface area (Å²) in [7, 11) is 1.65. The van der Waals surface area contributed by atoms with Gasteiger partial charge in [0.1, 0.15) is 5.54 Å². The summed E-state index contributed by atoms with van der Waals surface area (Å²) in [5.41, 5.74) is -0.897. The Morgan fingerprint density at radius 1 is 1.69 bits per heavy atom. The molecule has 0 radical (unpaired) electrons. The summed E-state index contributed by atoms with van der Waals surface area (Å²) in [5, 5.41) is 11.8. The van der Waals surface area contributed by atoms with Crippen LogP contribution in [-0.2, 0) is 14.3 Å². The van der Waals surface area contributed by atoms with Crippen LogP contribution in [-0.4, -0.2) is 50.1 Å². The molecule has 0 bridgehead atoms. The van der Waals surface area contributed by atoms with Crippen molar-refractivity contribution in [3.8, 4) is 0 Å². The average molecular weight is 231 g/mol. The minimum Gasteiger partial charge on any atom is -0.480 e. The molecule has 0 spiro atoms. The number of carbonyl (C=O) groups is 1. The van der Waals surface area contributed by atoms with Crippen molar-refractivity contribution >= 4 is 5.97 Å². The highest BCUT2D eigenvalue weighted by Gasteiger charge is 2.30. The molecule has 0 aromatic rings. The molecular weight excluding hydrogens is 210 g/mol. The molecule has 1 rings (SSSR count). The summed E-state index contributed by atoms with van der Waals surface area (Å²) in [4.78, 5) is 11.0. The summed E-state index contributed by atoms with van der Waals surface area (Å²) >= 11 is 0. The molecule has 0 amide bonds. The monoisotopic (exact) mass is 231 g/mol. The Morgan fingerprint density at radius 2 is 2.44 bits per heavy atom. The number of nitrogens with one attached hydrogen (secondary N) is 1. The van der Waals surface area contributed by atoms with Crippen LogP contribution in [0, 0.1) is 5.92 Å². The van der Waals surface area contributed by atoms with E-state index in [2.05, 4.69) is 5.32 Å². The van der Waals surface area contributed by atoms with Gasteiger partial charge in [0.25, 0.3) is 0 Å². The second-order valence-corrected chi connectivity index (χ2v) is 4.44. The molecule has 94 valence electrons. The van der Waals surface area contributed by atoms with Gasteiger partial charge in [-0.25, -0.2) is 0 Å². The second-order valence-electron chi connectivity index (χ2n) is 4.44. The van der Waals surface area contributed by atoms with E-state index in [4.69, 9.17) is 14.6 Å². The Kier molecular flexibility index (Phi) is 5.18. The van der Waals surface area contributed by atoms with Gasteiger partial charge in [0.15, 0.2) is 0 Å². The molecule has 0 aliphatic carbocycles. The van der Waals surface area contributed by atoms with E-state index in [1.807, 2.05) is 0 Å². The van der Waals surface area contributed by atoms with Crippen LogP contribution in [0.3, 0.4) is 0 Å². The molecule has 1 heterocycles. The van der Waals surface area contributed by atoms with Crippen LogP contribution in [0.5, 0.6) is 0 Å². The number of hydrogen-bond donors (Lipinski definition) is 2. The van der Waals surface area contributed by atoms with Gasteiger partial charge < -0.3 is 19.9 Å². The SMILES string of the molecule is CNC(C)(CCOCC1CCOC1)C(=O)O. The molecule has 16 heavy (non-hydrogen) atoms. The molecule has 2 atom stereocenters. The molecule has 0 saturated carbocycles. The van der Waals surface area contributed by atoms with Crippen LogP contribution in [0.1, 0.15) is 19.8 Å². The van der Waals surface area contributed by atoms with Gasteiger partial charge in [-0.1, -0.05) is 0 Å². The molecule has 1 saturated heterocycles. The van der Waals surface area contributed by atoms with Crippen LogP contribution < -0.4 is 5.32 Å². The van der Waals surface area contributed by atoms with Crippen LogP contribution in [0.4, 0.5) is 0 Å². The zero-order chi connectivity index (χ0) is 12.0. The van der Waals surface area contributed by atoms with Gasteiger partial charge in [0.05, 0.1) is 13.2 Å². The van der Waals surface area contributed by atoms with E-state index >= 15 is 0 Å². The Morgan fingerprint density at radius 3 is 2.94 bits per heavy atom. The third kappa shape index (κ3) is 3.73. The number of hydrogen-bond acceptors (Lipinski definition) is 4. The van der Waals surface area contributed by atoms with E-state index in [-0.39, 0.29) is 0 Å².